The molecule has 1 amide bonds. The molecular weight excluding hydrogens is 531 g/mol. The summed E-state index contributed by atoms with van der Waals surface area (Å²) in [6.45, 7) is 12.2. The van der Waals surface area contributed by atoms with Gasteiger partial charge in [0, 0.05) is 42.3 Å². The normalized spacial score (nSPS) is 11.8. The summed E-state index contributed by atoms with van der Waals surface area (Å²) in [5, 5.41) is 14.6. The molecule has 0 aliphatic carbocycles. The van der Waals surface area contributed by atoms with Crippen LogP contribution in [0.2, 0.25) is 0 Å². The van der Waals surface area contributed by atoms with Gasteiger partial charge in [0.05, 0.1) is 5.69 Å². The van der Waals surface area contributed by atoms with Crippen LogP contribution in [0.15, 0.2) is 67.0 Å². The molecule has 3 aromatic heterocycles. The van der Waals surface area contributed by atoms with Crippen molar-refractivity contribution in [3.05, 3.63) is 78.2 Å². The van der Waals surface area contributed by atoms with E-state index in [-0.39, 0.29) is 17.3 Å². The van der Waals surface area contributed by atoms with Gasteiger partial charge in [0.2, 0.25) is 0 Å². The van der Waals surface area contributed by atoms with Gasteiger partial charge in [0.1, 0.15) is 0 Å². The number of nitrogens with zero attached hydrogens (tertiary/aromatic N) is 6. The topological polar surface area (TPSA) is 88.8 Å². The van der Waals surface area contributed by atoms with E-state index in [1.54, 1.807) is 18.2 Å². The Morgan fingerprint density at radius 3 is 2.44 bits per heavy atom. The third-order valence-corrected chi connectivity index (χ3v) is 6.26. The van der Waals surface area contributed by atoms with Crippen LogP contribution in [0.25, 0.3) is 17.1 Å². The van der Waals surface area contributed by atoms with E-state index < -0.39 is 17.8 Å². The van der Waals surface area contributed by atoms with E-state index in [1.165, 1.54) is 24.5 Å². The summed E-state index contributed by atoms with van der Waals surface area (Å²) in [7, 11) is 0. The van der Waals surface area contributed by atoms with Gasteiger partial charge in [-0.2, -0.15) is 18.3 Å². The van der Waals surface area contributed by atoms with Crippen LogP contribution < -0.4 is 10.2 Å². The highest BCUT2D eigenvalue weighted by atomic mass is 19.4. The maximum Gasteiger partial charge on any atom is 0.433 e. The third kappa shape index (κ3) is 8.12. The molecule has 0 aliphatic heterocycles. The summed E-state index contributed by atoms with van der Waals surface area (Å²) in [4.78, 5) is 19.2. The molecule has 0 radical (unpaired) electrons. The Hall–Kier alpha value is -4.28. The number of hydrogen-bond donors (Lipinski definition) is 1. The highest BCUT2D eigenvalue weighted by Gasteiger charge is 2.37. The van der Waals surface area contributed by atoms with Crippen LogP contribution in [0.5, 0.6) is 0 Å². The molecule has 1 N–H and O–H groups in total. The van der Waals surface area contributed by atoms with Crippen LogP contribution in [0.3, 0.4) is 0 Å². The Balaban J connectivity index is 0.00000226. The van der Waals surface area contributed by atoms with Gasteiger partial charge < -0.3 is 10.2 Å². The van der Waals surface area contributed by atoms with Crippen molar-refractivity contribution < 1.29 is 18.0 Å². The molecule has 1 aromatic carbocycles. The number of pyridine rings is 1. The van der Waals surface area contributed by atoms with Crippen LogP contribution >= 0.6 is 0 Å². The molecule has 1 atom stereocenters. The molecule has 0 saturated heterocycles. The van der Waals surface area contributed by atoms with E-state index in [0.717, 1.165) is 37.7 Å². The number of nitrogens with one attached hydrogen (secondary N) is 1. The Labute approximate surface area is 238 Å². The van der Waals surface area contributed by atoms with Crippen LogP contribution in [-0.4, -0.2) is 44.0 Å². The summed E-state index contributed by atoms with van der Waals surface area (Å²) in [5.74, 6) is 0.0776. The fraction of sp³-hybridized carbons (Fsp3) is 0.367. The van der Waals surface area contributed by atoms with Gasteiger partial charge in [-0.3, -0.25) is 9.78 Å². The summed E-state index contributed by atoms with van der Waals surface area (Å²) in [5.41, 5.74) is 0.922. The Kier molecular flexibility index (Phi) is 11.0. The van der Waals surface area contributed by atoms with Crippen LogP contribution in [0.1, 0.15) is 63.5 Å². The summed E-state index contributed by atoms with van der Waals surface area (Å²) >= 11 is 0. The summed E-state index contributed by atoms with van der Waals surface area (Å²) < 4.78 is 41.9. The van der Waals surface area contributed by atoms with Gasteiger partial charge in [-0.05, 0) is 60.9 Å². The molecule has 11 heteroatoms. The molecule has 0 aliphatic rings. The summed E-state index contributed by atoms with van der Waals surface area (Å²) in [6.07, 6.45) is 0.313. The maximum atomic E-state index is 13.7. The number of rotatable bonds is 10. The first kappa shape index (κ1) is 31.3. The molecule has 1 unspecified atom stereocenters. The maximum absolute atomic E-state index is 13.7. The van der Waals surface area contributed by atoms with Crippen LogP contribution in [0, 0.1) is 5.92 Å². The Morgan fingerprint density at radius 1 is 1.05 bits per heavy atom. The van der Waals surface area contributed by atoms with Crippen molar-refractivity contribution in [3.8, 4) is 17.1 Å². The zero-order chi connectivity index (χ0) is 30.0. The molecule has 0 fully saturated rings. The number of carbonyl (C=O) groups excluding carboxylic acids is 1. The number of carbonyl (C=O) groups is 1. The first-order valence-electron chi connectivity index (χ1n) is 13.8. The second-order valence-electron chi connectivity index (χ2n) is 9.31. The SMILES string of the molecule is CC.CCCN(CC(C)CC)c1cccc(C(=O)Nc2ccc(-n3nc(-c4cccnc4)cc3C(F)(F)F)nn2)c1. The Morgan fingerprint density at radius 2 is 1.83 bits per heavy atom. The largest absolute Gasteiger partial charge is 0.433 e. The van der Waals surface area contributed by atoms with Gasteiger partial charge in [0.15, 0.2) is 17.3 Å². The average Bonchev–Trinajstić information content (AvgIpc) is 3.45. The number of benzene rings is 1. The first-order valence-corrected chi connectivity index (χ1v) is 13.8. The average molecular weight is 568 g/mol. The van der Waals surface area contributed by atoms with Crippen molar-refractivity contribution in [2.45, 2.75) is 53.6 Å². The monoisotopic (exact) mass is 567 g/mol. The Bertz CT molecular complexity index is 1390. The van der Waals surface area contributed by atoms with E-state index >= 15 is 0 Å². The van der Waals surface area contributed by atoms with Crippen molar-refractivity contribution in [1.82, 2.24) is 25.0 Å². The van der Waals surface area contributed by atoms with Crippen molar-refractivity contribution in [2.75, 3.05) is 23.3 Å². The summed E-state index contributed by atoms with van der Waals surface area (Å²) in [6, 6.07) is 14.2. The highest BCUT2D eigenvalue weighted by molar-refractivity contribution is 6.04. The molecular formula is C30H36F3N7O. The van der Waals surface area contributed by atoms with E-state index in [9.17, 15) is 18.0 Å². The van der Waals surface area contributed by atoms with Gasteiger partial charge in [-0.25, -0.2) is 4.68 Å². The van der Waals surface area contributed by atoms with E-state index in [2.05, 4.69) is 51.3 Å². The molecule has 4 rings (SSSR count). The molecule has 4 aromatic rings. The zero-order valence-corrected chi connectivity index (χ0v) is 24.0. The minimum atomic E-state index is -4.67. The number of anilines is 2. The minimum Gasteiger partial charge on any atom is -0.371 e. The number of aromatic nitrogens is 5. The van der Waals surface area contributed by atoms with Crippen LogP contribution in [-0.2, 0) is 6.18 Å². The molecule has 8 nitrogen and oxygen atoms in total. The quantitative estimate of drug-likeness (QED) is 0.217. The predicted octanol–water partition coefficient (Wildman–Crippen LogP) is 7.28. The number of amides is 1. The molecule has 0 bridgehead atoms. The number of alkyl halides is 3. The minimum absolute atomic E-state index is 0.0972. The first-order chi connectivity index (χ1) is 19.7. The zero-order valence-electron chi connectivity index (χ0n) is 24.0. The standard InChI is InChI=1S/C28H30F3N7O.C2H6/c1-4-14-37(18-19(3)5-2)22-10-6-8-20(15-22)27(39)33-25-11-12-26(35-34-25)38-24(28(29,30)31)16-23(36-38)21-9-7-13-32-17-21;1-2/h6-13,15-17,19H,4-5,14,18H2,1-3H3,(H,33,34,39);1-2H3. The molecule has 3 heterocycles. The lowest BCUT2D eigenvalue weighted by Crippen LogP contribution is -2.29. The predicted molar refractivity (Wildman–Crippen MR) is 155 cm³/mol. The fourth-order valence-electron chi connectivity index (χ4n) is 4.05. The molecule has 41 heavy (non-hydrogen) atoms. The molecule has 0 spiro atoms. The lowest BCUT2D eigenvalue weighted by molar-refractivity contribution is -0.142. The van der Waals surface area contributed by atoms with Gasteiger partial charge in [-0.15, -0.1) is 10.2 Å². The lowest BCUT2D eigenvalue weighted by Gasteiger charge is -2.27. The second kappa shape index (κ2) is 14.4. The number of halogens is 3. The molecule has 218 valence electrons. The van der Waals surface area contributed by atoms with E-state index in [1.807, 2.05) is 32.0 Å². The molecule has 0 saturated carbocycles. The lowest BCUT2D eigenvalue weighted by atomic mass is 10.1. The fourth-order valence-corrected chi connectivity index (χ4v) is 4.05. The second-order valence-corrected chi connectivity index (χ2v) is 9.31. The third-order valence-electron chi connectivity index (χ3n) is 6.26. The van der Waals surface area contributed by atoms with Gasteiger partial charge >= 0.3 is 6.18 Å². The smallest absolute Gasteiger partial charge is 0.371 e. The van der Waals surface area contributed by atoms with Gasteiger partial charge in [0.25, 0.3) is 5.91 Å². The van der Waals surface area contributed by atoms with Crippen molar-refractivity contribution in [2.24, 2.45) is 5.92 Å². The van der Waals surface area contributed by atoms with E-state index in [4.69, 9.17) is 0 Å². The van der Waals surface area contributed by atoms with Gasteiger partial charge in [-0.1, -0.05) is 47.1 Å². The number of hydrogen-bond acceptors (Lipinski definition) is 6. The van der Waals surface area contributed by atoms with Crippen molar-refractivity contribution >= 4 is 17.4 Å². The van der Waals surface area contributed by atoms with Crippen molar-refractivity contribution in [1.29, 1.82) is 0 Å². The van der Waals surface area contributed by atoms with Crippen LogP contribution in [0.4, 0.5) is 24.7 Å². The highest BCUT2D eigenvalue weighted by Crippen LogP contribution is 2.33. The van der Waals surface area contributed by atoms with E-state index in [0.29, 0.717) is 21.7 Å². The van der Waals surface area contributed by atoms with Crippen molar-refractivity contribution in [3.63, 3.8) is 0 Å².